The second-order valence-electron chi connectivity index (χ2n) is 2.16. The average Bonchev–Trinajstić information content (AvgIpc) is 2.09. The molecule has 0 saturated heterocycles. The summed E-state index contributed by atoms with van der Waals surface area (Å²) in [6, 6.07) is 3.07. The zero-order valence-electron chi connectivity index (χ0n) is 6.25. The number of pyridine rings is 1. The molecule has 1 rings (SSSR count). The monoisotopic (exact) mass is 169 g/mol. The molecule has 12 heavy (non-hydrogen) atoms. The molecular weight excluding hydrogens is 161 g/mol. The maximum atomic E-state index is 11.7. The van der Waals surface area contributed by atoms with E-state index >= 15 is 0 Å². The van der Waals surface area contributed by atoms with E-state index in [0.29, 0.717) is 11.5 Å². The largest absolute Gasteiger partial charge is 0.397 e. The van der Waals surface area contributed by atoms with Gasteiger partial charge in [0.15, 0.2) is 6.67 Å². The molecule has 1 aromatic rings. The van der Waals surface area contributed by atoms with Crippen molar-refractivity contribution in [2.24, 2.45) is 0 Å². The molecule has 5 heteroatoms. The number of halogens is 1. The van der Waals surface area contributed by atoms with E-state index in [0.717, 1.165) is 0 Å². The normalized spacial score (nSPS) is 9.42. The van der Waals surface area contributed by atoms with Crippen LogP contribution >= 0.6 is 0 Å². The molecule has 4 nitrogen and oxygen atoms in total. The topological polar surface area (TPSA) is 68.0 Å². The molecule has 0 aromatic carbocycles. The second-order valence-corrected chi connectivity index (χ2v) is 2.16. The maximum absolute atomic E-state index is 11.7. The van der Waals surface area contributed by atoms with Crippen LogP contribution in [0.2, 0.25) is 0 Å². The second kappa shape index (κ2) is 3.66. The summed E-state index contributed by atoms with van der Waals surface area (Å²) in [5.41, 5.74) is 5.83. The third-order valence-corrected chi connectivity index (χ3v) is 1.18. The van der Waals surface area contributed by atoms with Gasteiger partial charge < -0.3 is 11.1 Å². The fraction of sp³-hybridized carbons (Fsp3) is 0.143. The maximum Gasteiger partial charge on any atom is 0.256 e. The summed E-state index contributed by atoms with van der Waals surface area (Å²) < 4.78 is 11.7. The Morgan fingerprint density at radius 2 is 2.42 bits per heavy atom. The summed E-state index contributed by atoms with van der Waals surface area (Å²) in [6.45, 7) is -1.05. The SMILES string of the molecule is Nc1ccc(NC(=O)CF)nc1. The summed E-state index contributed by atoms with van der Waals surface area (Å²) in [4.78, 5) is 14.3. The van der Waals surface area contributed by atoms with Crippen molar-refractivity contribution >= 4 is 17.4 Å². The minimum atomic E-state index is -1.05. The van der Waals surface area contributed by atoms with Crippen LogP contribution in [0, 0.1) is 0 Å². The highest BCUT2D eigenvalue weighted by molar-refractivity contribution is 5.90. The van der Waals surface area contributed by atoms with Crippen LogP contribution in [0.5, 0.6) is 0 Å². The first-order chi connectivity index (χ1) is 5.72. The van der Waals surface area contributed by atoms with Crippen molar-refractivity contribution < 1.29 is 9.18 Å². The zero-order chi connectivity index (χ0) is 8.97. The Kier molecular flexibility index (Phi) is 2.57. The molecule has 0 atom stereocenters. The van der Waals surface area contributed by atoms with Crippen LogP contribution in [0.25, 0.3) is 0 Å². The summed E-state index contributed by atoms with van der Waals surface area (Å²) in [6.07, 6.45) is 1.38. The van der Waals surface area contributed by atoms with E-state index in [4.69, 9.17) is 5.73 Å². The molecule has 0 fully saturated rings. The van der Waals surface area contributed by atoms with Crippen LogP contribution in [0.1, 0.15) is 0 Å². The van der Waals surface area contributed by atoms with Crippen LogP contribution in [0.3, 0.4) is 0 Å². The van der Waals surface area contributed by atoms with Gasteiger partial charge in [0.2, 0.25) is 0 Å². The van der Waals surface area contributed by atoms with E-state index in [2.05, 4.69) is 10.3 Å². The van der Waals surface area contributed by atoms with Gasteiger partial charge in [-0.25, -0.2) is 9.37 Å². The number of nitrogens with one attached hydrogen (secondary N) is 1. The number of rotatable bonds is 2. The Morgan fingerprint density at radius 1 is 1.67 bits per heavy atom. The van der Waals surface area contributed by atoms with Gasteiger partial charge in [0.1, 0.15) is 5.82 Å². The third kappa shape index (κ3) is 2.19. The molecule has 0 aliphatic rings. The molecule has 0 spiro atoms. The number of nitrogen functional groups attached to an aromatic ring is 1. The number of hydrogen-bond acceptors (Lipinski definition) is 3. The van der Waals surface area contributed by atoms with Gasteiger partial charge >= 0.3 is 0 Å². The first-order valence-corrected chi connectivity index (χ1v) is 3.29. The van der Waals surface area contributed by atoms with Crippen molar-refractivity contribution in [3.8, 4) is 0 Å². The minimum Gasteiger partial charge on any atom is -0.397 e. The number of alkyl halides is 1. The van der Waals surface area contributed by atoms with Crippen molar-refractivity contribution in [1.29, 1.82) is 0 Å². The van der Waals surface area contributed by atoms with Gasteiger partial charge in [-0.3, -0.25) is 4.79 Å². The smallest absolute Gasteiger partial charge is 0.256 e. The molecule has 0 unspecified atom stereocenters. The third-order valence-electron chi connectivity index (χ3n) is 1.18. The fourth-order valence-corrected chi connectivity index (χ4v) is 0.655. The Hall–Kier alpha value is -1.65. The molecule has 1 amide bonds. The molecule has 0 radical (unpaired) electrons. The van der Waals surface area contributed by atoms with E-state index < -0.39 is 12.6 Å². The molecule has 64 valence electrons. The first-order valence-electron chi connectivity index (χ1n) is 3.29. The van der Waals surface area contributed by atoms with Gasteiger partial charge in [-0.05, 0) is 12.1 Å². The van der Waals surface area contributed by atoms with Crippen molar-refractivity contribution in [2.45, 2.75) is 0 Å². The van der Waals surface area contributed by atoms with Gasteiger partial charge in [-0.2, -0.15) is 0 Å². The summed E-state index contributed by atoms with van der Waals surface area (Å²) >= 11 is 0. The van der Waals surface area contributed by atoms with Gasteiger partial charge in [0.05, 0.1) is 11.9 Å². The highest BCUT2D eigenvalue weighted by Crippen LogP contribution is 2.05. The van der Waals surface area contributed by atoms with E-state index in [9.17, 15) is 9.18 Å². The van der Waals surface area contributed by atoms with Gasteiger partial charge in [0, 0.05) is 0 Å². The average molecular weight is 169 g/mol. The number of hydrogen-bond donors (Lipinski definition) is 2. The lowest BCUT2D eigenvalue weighted by atomic mass is 10.4. The number of carbonyl (C=O) groups excluding carboxylic acids is 1. The summed E-state index contributed by atoms with van der Waals surface area (Å²) in [5.74, 6) is -0.417. The zero-order valence-corrected chi connectivity index (χ0v) is 6.25. The predicted octanol–water partition coefficient (Wildman–Crippen LogP) is 0.572. The van der Waals surface area contributed by atoms with Crippen LogP contribution in [-0.2, 0) is 4.79 Å². The number of anilines is 2. The van der Waals surface area contributed by atoms with Crippen molar-refractivity contribution in [2.75, 3.05) is 17.7 Å². The molecule has 1 aromatic heterocycles. The first kappa shape index (κ1) is 8.45. The number of carbonyl (C=O) groups is 1. The molecule has 0 saturated carbocycles. The van der Waals surface area contributed by atoms with Crippen molar-refractivity contribution in [3.05, 3.63) is 18.3 Å². The van der Waals surface area contributed by atoms with Gasteiger partial charge in [0.25, 0.3) is 5.91 Å². The molecule has 0 bridgehead atoms. The quantitative estimate of drug-likeness (QED) is 0.680. The molecule has 3 N–H and O–H groups in total. The van der Waals surface area contributed by atoms with E-state index in [1.807, 2.05) is 0 Å². The number of aromatic nitrogens is 1. The highest BCUT2D eigenvalue weighted by Gasteiger charge is 2.00. The van der Waals surface area contributed by atoms with Crippen LogP contribution in [-0.4, -0.2) is 17.6 Å². The number of nitrogens with zero attached hydrogens (tertiary/aromatic N) is 1. The Balaban J connectivity index is 2.64. The van der Waals surface area contributed by atoms with Crippen LogP contribution < -0.4 is 11.1 Å². The van der Waals surface area contributed by atoms with Crippen LogP contribution in [0.15, 0.2) is 18.3 Å². The summed E-state index contributed by atoms with van der Waals surface area (Å²) in [7, 11) is 0. The number of amides is 1. The van der Waals surface area contributed by atoms with E-state index in [1.165, 1.54) is 12.3 Å². The molecule has 1 heterocycles. The van der Waals surface area contributed by atoms with Crippen molar-refractivity contribution in [1.82, 2.24) is 4.98 Å². The Labute approximate surface area is 68.6 Å². The lowest BCUT2D eigenvalue weighted by molar-refractivity contribution is -0.117. The molecule has 0 aliphatic carbocycles. The standard InChI is InChI=1S/C7H8FN3O/c8-3-7(12)11-6-2-1-5(9)4-10-6/h1-2,4H,3,9H2,(H,10,11,12). The van der Waals surface area contributed by atoms with E-state index in [-0.39, 0.29) is 0 Å². The minimum absolute atomic E-state index is 0.298. The fourth-order valence-electron chi connectivity index (χ4n) is 0.655. The highest BCUT2D eigenvalue weighted by atomic mass is 19.1. The molecule has 0 aliphatic heterocycles. The van der Waals surface area contributed by atoms with Crippen molar-refractivity contribution in [3.63, 3.8) is 0 Å². The Bertz CT molecular complexity index is 272. The predicted molar refractivity (Wildman–Crippen MR) is 43.3 cm³/mol. The lowest BCUT2D eigenvalue weighted by Gasteiger charge is -2.00. The van der Waals surface area contributed by atoms with Gasteiger partial charge in [-0.15, -0.1) is 0 Å². The van der Waals surface area contributed by atoms with E-state index in [1.54, 1.807) is 6.07 Å². The summed E-state index contributed by atoms with van der Waals surface area (Å²) in [5, 5.41) is 2.24. The Morgan fingerprint density at radius 3 is 2.92 bits per heavy atom. The lowest BCUT2D eigenvalue weighted by Crippen LogP contribution is -2.13. The number of nitrogens with two attached hydrogens (primary N) is 1. The van der Waals surface area contributed by atoms with Gasteiger partial charge in [-0.1, -0.05) is 0 Å². The molecular formula is C7H8FN3O. The van der Waals surface area contributed by atoms with Crippen LogP contribution in [0.4, 0.5) is 15.9 Å².